The molecule has 0 aliphatic carbocycles. The molecule has 1 N–H and O–H groups in total. The molecule has 0 aromatic heterocycles. The van der Waals surface area contributed by atoms with Crippen LogP contribution in [0.4, 0.5) is 0 Å². The second-order valence-corrected chi connectivity index (χ2v) is 6.45. The molecule has 0 bridgehead atoms. The van der Waals surface area contributed by atoms with Gasteiger partial charge in [-0.1, -0.05) is 38.1 Å². The fourth-order valence-electron chi connectivity index (χ4n) is 2.61. The smallest absolute Gasteiger partial charge is 0.338 e. The van der Waals surface area contributed by atoms with E-state index < -0.39 is 0 Å². The zero-order valence-electron chi connectivity index (χ0n) is 13.9. The maximum Gasteiger partial charge on any atom is 0.338 e. The number of carbonyl (C=O) groups excluding carboxylic acids is 1. The summed E-state index contributed by atoms with van der Waals surface area (Å²) in [6, 6.07) is 11.6. The summed E-state index contributed by atoms with van der Waals surface area (Å²) in [5.74, 6) is 0.0120. The zero-order chi connectivity index (χ0) is 17.0. The van der Waals surface area contributed by atoms with Crippen LogP contribution < -0.4 is 0 Å². The second-order valence-electron chi connectivity index (χ2n) is 5.60. The summed E-state index contributed by atoms with van der Waals surface area (Å²) in [4.78, 5) is 13.1. The number of benzene rings is 2. The van der Waals surface area contributed by atoms with Gasteiger partial charge in [-0.25, -0.2) is 4.79 Å². The summed E-state index contributed by atoms with van der Waals surface area (Å²) in [7, 11) is 1.38. The summed E-state index contributed by atoms with van der Waals surface area (Å²) < 4.78 is 4.92. The molecule has 0 saturated heterocycles. The number of hydrogen-bond acceptors (Lipinski definition) is 4. The molecule has 0 unspecified atom stereocenters. The van der Waals surface area contributed by atoms with Gasteiger partial charge in [-0.3, -0.25) is 0 Å². The predicted molar refractivity (Wildman–Crippen MR) is 95.0 cm³/mol. The van der Waals surface area contributed by atoms with Crippen molar-refractivity contribution in [2.45, 2.75) is 31.3 Å². The van der Waals surface area contributed by atoms with Crippen LogP contribution in [0.2, 0.25) is 0 Å². The average Bonchev–Trinajstić information content (AvgIpc) is 2.59. The highest BCUT2D eigenvalue weighted by molar-refractivity contribution is 7.98. The third-order valence-corrected chi connectivity index (χ3v) is 4.67. The Morgan fingerprint density at radius 3 is 2.57 bits per heavy atom. The van der Waals surface area contributed by atoms with E-state index in [1.54, 1.807) is 17.8 Å². The highest BCUT2D eigenvalue weighted by atomic mass is 32.2. The number of esters is 1. The van der Waals surface area contributed by atoms with Crippen LogP contribution in [0.3, 0.4) is 0 Å². The molecule has 0 spiro atoms. The van der Waals surface area contributed by atoms with Crippen molar-refractivity contribution in [2.75, 3.05) is 13.4 Å². The molecule has 0 aliphatic heterocycles. The van der Waals surface area contributed by atoms with Crippen LogP contribution in [0, 0.1) is 0 Å². The van der Waals surface area contributed by atoms with Crippen LogP contribution in [0.25, 0.3) is 11.1 Å². The lowest BCUT2D eigenvalue weighted by atomic mass is 9.91. The first-order chi connectivity index (χ1) is 11.0. The molecule has 122 valence electrons. The minimum absolute atomic E-state index is 0.0702. The highest BCUT2D eigenvalue weighted by Crippen LogP contribution is 2.37. The van der Waals surface area contributed by atoms with Crippen LogP contribution in [0.5, 0.6) is 0 Å². The quantitative estimate of drug-likeness (QED) is 0.649. The third-order valence-electron chi connectivity index (χ3n) is 3.89. The third kappa shape index (κ3) is 3.59. The standard InChI is InChI=1S/C19H22O3S/c1-12(2)13-8-9-15(14(10-13)11-20)18-16(19(21)22-3)6-5-7-17(18)23-4/h5-10,12,20H,11H2,1-4H3. The molecule has 0 atom stereocenters. The van der Waals surface area contributed by atoms with Crippen molar-refractivity contribution >= 4 is 17.7 Å². The van der Waals surface area contributed by atoms with Gasteiger partial charge in [-0.05, 0) is 41.0 Å². The topological polar surface area (TPSA) is 46.5 Å². The Morgan fingerprint density at radius 2 is 2.00 bits per heavy atom. The van der Waals surface area contributed by atoms with Gasteiger partial charge in [-0.15, -0.1) is 11.8 Å². The maximum atomic E-state index is 12.2. The number of aliphatic hydroxyl groups is 1. The van der Waals surface area contributed by atoms with Gasteiger partial charge < -0.3 is 9.84 Å². The molecule has 4 heteroatoms. The number of aliphatic hydroxyl groups excluding tert-OH is 1. The van der Waals surface area contributed by atoms with Crippen molar-refractivity contribution < 1.29 is 14.6 Å². The molecular formula is C19H22O3S. The molecule has 2 rings (SSSR count). The van der Waals surface area contributed by atoms with Gasteiger partial charge in [0.05, 0.1) is 19.3 Å². The summed E-state index contributed by atoms with van der Waals surface area (Å²) in [6.45, 7) is 4.16. The van der Waals surface area contributed by atoms with Crippen molar-refractivity contribution in [3.8, 4) is 11.1 Å². The Morgan fingerprint density at radius 1 is 1.26 bits per heavy atom. The Hall–Kier alpha value is -1.78. The van der Waals surface area contributed by atoms with Gasteiger partial charge in [0.1, 0.15) is 0 Å². The molecule has 0 radical (unpaired) electrons. The Bertz CT molecular complexity index is 708. The van der Waals surface area contributed by atoms with Gasteiger partial charge in [0.25, 0.3) is 0 Å². The SMILES string of the molecule is COC(=O)c1cccc(SC)c1-c1ccc(C(C)C)cc1CO. The number of thioether (sulfide) groups is 1. The lowest BCUT2D eigenvalue weighted by molar-refractivity contribution is 0.0601. The maximum absolute atomic E-state index is 12.2. The van der Waals surface area contributed by atoms with Gasteiger partial charge in [0.15, 0.2) is 0 Å². The first-order valence-electron chi connectivity index (χ1n) is 7.52. The van der Waals surface area contributed by atoms with E-state index in [-0.39, 0.29) is 12.6 Å². The summed E-state index contributed by atoms with van der Waals surface area (Å²) in [6.07, 6.45) is 1.97. The molecule has 0 aliphatic rings. The first-order valence-corrected chi connectivity index (χ1v) is 8.75. The molecule has 3 nitrogen and oxygen atoms in total. The van der Waals surface area contributed by atoms with E-state index in [2.05, 4.69) is 19.9 Å². The van der Waals surface area contributed by atoms with Crippen molar-refractivity contribution in [1.29, 1.82) is 0 Å². The van der Waals surface area contributed by atoms with E-state index in [4.69, 9.17) is 4.74 Å². The van der Waals surface area contributed by atoms with E-state index >= 15 is 0 Å². The monoisotopic (exact) mass is 330 g/mol. The minimum Gasteiger partial charge on any atom is -0.465 e. The van der Waals surface area contributed by atoms with Gasteiger partial charge in [0.2, 0.25) is 0 Å². The highest BCUT2D eigenvalue weighted by Gasteiger charge is 2.19. The van der Waals surface area contributed by atoms with Crippen LogP contribution in [-0.4, -0.2) is 24.4 Å². The Kier molecular flexibility index (Phi) is 5.85. The molecule has 0 heterocycles. The van der Waals surface area contributed by atoms with Crippen molar-refractivity contribution in [3.05, 3.63) is 53.1 Å². The molecule has 0 amide bonds. The van der Waals surface area contributed by atoms with Crippen molar-refractivity contribution in [2.24, 2.45) is 0 Å². The molecule has 23 heavy (non-hydrogen) atoms. The minimum atomic E-state index is -0.368. The number of carbonyl (C=O) groups is 1. The molecule has 0 fully saturated rings. The van der Waals surface area contributed by atoms with Gasteiger partial charge in [-0.2, -0.15) is 0 Å². The number of methoxy groups -OCH3 is 1. The van der Waals surface area contributed by atoms with Crippen LogP contribution >= 0.6 is 11.8 Å². The molecule has 2 aromatic carbocycles. The average molecular weight is 330 g/mol. The lowest BCUT2D eigenvalue weighted by Crippen LogP contribution is -2.06. The van der Waals surface area contributed by atoms with E-state index in [1.165, 1.54) is 12.7 Å². The van der Waals surface area contributed by atoms with Crippen LogP contribution in [-0.2, 0) is 11.3 Å². The number of ether oxygens (including phenoxy) is 1. The van der Waals surface area contributed by atoms with Crippen LogP contribution in [0.1, 0.15) is 41.3 Å². The fourth-order valence-corrected chi connectivity index (χ4v) is 3.25. The largest absolute Gasteiger partial charge is 0.465 e. The lowest BCUT2D eigenvalue weighted by Gasteiger charge is -2.17. The predicted octanol–water partition coefficient (Wildman–Crippen LogP) is 4.48. The van der Waals surface area contributed by atoms with Crippen molar-refractivity contribution in [1.82, 2.24) is 0 Å². The molecule has 0 saturated carbocycles. The fraction of sp³-hybridized carbons (Fsp3) is 0.316. The number of hydrogen-bond donors (Lipinski definition) is 1. The molecule has 2 aromatic rings. The summed E-state index contributed by atoms with van der Waals surface area (Å²) in [5.41, 5.74) is 4.21. The van der Waals surface area contributed by atoms with Crippen LogP contribution in [0.15, 0.2) is 41.3 Å². The van der Waals surface area contributed by atoms with Gasteiger partial charge >= 0.3 is 5.97 Å². The Balaban J connectivity index is 2.72. The summed E-state index contributed by atoms with van der Waals surface area (Å²) >= 11 is 1.57. The zero-order valence-corrected chi connectivity index (χ0v) is 14.7. The first kappa shape index (κ1) is 17.6. The van der Waals surface area contributed by atoms with Gasteiger partial charge in [0, 0.05) is 10.5 Å². The van der Waals surface area contributed by atoms with E-state index in [0.717, 1.165) is 21.6 Å². The Labute approximate surface area is 141 Å². The van der Waals surface area contributed by atoms with Crippen molar-refractivity contribution in [3.63, 3.8) is 0 Å². The molecular weight excluding hydrogens is 308 g/mol. The normalized spacial score (nSPS) is 10.9. The summed E-state index contributed by atoms with van der Waals surface area (Å²) in [5, 5.41) is 9.81. The number of rotatable bonds is 5. The van der Waals surface area contributed by atoms with E-state index in [0.29, 0.717) is 11.5 Å². The van der Waals surface area contributed by atoms with E-state index in [1.807, 2.05) is 30.5 Å². The second kappa shape index (κ2) is 7.66. The van der Waals surface area contributed by atoms with E-state index in [9.17, 15) is 9.90 Å².